The minimum atomic E-state index is -2.13. The summed E-state index contributed by atoms with van der Waals surface area (Å²) in [5.41, 5.74) is -0.524. The third-order valence-corrected chi connectivity index (χ3v) is 15.5. The van der Waals surface area contributed by atoms with Crippen LogP contribution in [0.4, 0.5) is 0 Å². The number of amides is 3. The Morgan fingerprint density at radius 2 is 1.23 bits per heavy atom. The molecule has 0 bridgehead atoms. The Morgan fingerprint density at radius 1 is 0.705 bits per heavy atom. The molecular weight excluding hydrogens is 802 g/mol. The lowest BCUT2D eigenvalue weighted by Crippen LogP contribution is -2.62. The van der Waals surface area contributed by atoms with Gasteiger partial charge in [-0.2, -0.15) is 0 Å². The van der Waals surface area contributed by atoms with Crippen LogP contribution < -0.4 is 10.6 Å². The van der Waals surface area contributed by atoms with E-state index in [0.29, 0.717) is 25.7 Å². The van der Waals surface area contributed by atoms with Crippen LogP contribution in [-0.2, 0) is 14.4 Å². The van der Waals surface area contributed by atoms with Gasteiger partial charge in [-0.25, -0.2) is 0 Å². The van der Waals surface area contributed by atoms with Crippen molar-refractivity contribution in [2.75, 3.05) is 39.4 Å². The Hall–Kier alpha value is -2.11. The van der Waals surface area contributed by atoms with Crippen LogP contribution in [0.25, 0.3) is 0 Å². The number of hydrogen-bond donors (Lipinski definition) is 15. The molecule has 4 aliphatic carbocycles. The lowest BCUT2D eigenvalue weighted by atomic mass is 9.43. The second-order valence-electron chi connectivity index (χ2n) is 19.1. The third kappa shape index (κ3) is 11.4. The topological polar surface area (TPSA) is 342 Å². The zero-order chi connectivity index (χ0) is 45.6. The van der Waals surface area contributed by atoms with Crippen molar-refractivity contribution >= 4 is 17.7 Å². The Labute approximate surface area is 357 Å². The van der Waals surface area contributed by atoms with Gasteiger partial charge in [0, 0.05) is 32.6 Å². The van der Waals surface area contributed by atoms with Gasteiger partial charge in [0.25, 0.3) is 11.8 Å². The molecule has 15 N–H and O–H groups in total. The zero-order valence-corrected chi connectivity index (χ0v) is 35.8. The van der Waals surface area contributed by atoms with Crippen LogP contribution in [0, 0.1) is 46.3 Å². The van der Waals surface area contributed by atoms with E-state index in [4.69, 9.17) is 10.2 Å². The van der Waals surface area contributed by atoms with Crippen LogP contribution in [0.2, 0.25) is 0 Å². The molecular formula is C42H75N3O16. The van der Waals surface area contributed by atoms with E-state index in [0.717, 1.165) is 25.7 Å². The molecule has 4 saturated carbocycles. The van der Waals surface area contributed by atoms with E-state index in [1.54, 1.807) is 0 Å². The fourth-order valence-electron chi connectivity index (χ4n) is 11.7. The van der Waals surface area contributed by atoms with Gasteiger partial charge in [0.15, 0.2) is 12.2 Å². The summed E-state index contributed by atoms with van der Waals surface area (Å²) in [7, 11) is 0. The third-order valence-electron chi connectivity index (χ3n) is 15.5. The van der Waals surface area contributed by atoms with E-state index in [9.17, 15) is 70.6 Å². The minimum absolute atomic E-state index is 0.0275. The lowest BCUT2D eigenvalue weighted by molar-refractivity contribution is -0.207. The van der Waals surface area contributed by atoms with Crippen LogP contribution >= 0.6 is 0 Å². The number of hydrogen-bond acceptors (Lipinski definition) is 16. The van der Waals surface area contributed by atoms with Crippen molar-refractivity contribution in [1.29, 1.82) is 0 Å². The normalized spacial score (nSPS) is 35.5. The molecule has 19 nitrogen and oxygen atoms in total. The largest absolute Gasteiger partial charge is 0.394 e. The molecule has 0 aromatic heterocycles. The minimum Gasteiger partial charge on any atom is -0.394 e. The average Bonchev–Trinajstić information content (AvgIpc) is 3.61. The van der Waals surface area contributed by atoms with Crippen LogP contribution in [0.1, 0.15) is 91.4 Å². The maximum Gasteiger partial charge on any atom is 0.251 e. The van der Waals surface area contributed by atoms with Gasteiger partial charge in [-0.3, -0.25) is 14.4 Å². The van der Waals surface area contributed by atoms with Crippen molar-refractivity contribution in [2.24, 2.45) is 46.3 Å². The Balaban J connectivity index is 1.37. The number of carbonyl (C=O) groups excluding carboxylic acids is 3. The predicted octanol–water partition coefficient (Wildman–Crippen LogP) is -3.92. The molecule has 19 heteroatoms. The average molecular weight is 878 g/mol. The van der Waals surface area contributed by atoms with Gasteiger partial charge in [-0.05, 0) is 111 Å². The van der Waals surface area contributed by atoms with Crippen molar-refractivity contribution in [1.82, 2.24) is 15.5 Å². The number of aliphatic hydroxyl groups is 13. The molecule has 4 aliphatic rings. The SMILES string of the molecule is C[C@H](CCC(=O)N(CCCNC(=O)[C@H](O)[C@@H](O)[C@H](O)[C@H](O)CO)CCCNC(=O)[C@H](O)[C@@H](O)[C@H](O)[C@H](O)CO)[C@H]1CC[C@H]2[C@@H]3[C@H](O)CC4C[C@H](O)CC[C@]4(C)[C@H]3C[C@H](O)[C@]12C. The highest BCUT2D eigenvalue weighted by molar-refractivity contribution is 5.81. The molecule has 0 spiro atoms. The van der Waals surface area contributed by atoms with E-state index in [1.165, 1.54) is 4.90 Å². The molecule has 19 atom stereocenters. The smallest absolute Gasteiger partial charge is 0.251 e. The van der Waals surface area contributed by atoms with Gasteiger partial charge in [0.1, 0.15) is 36.6 Å². The Kier molecular flexibility index (Phi) is 18.7. The van der Waals surface area contributed by atoms with Crippen molar-refractivity contribution in [3.05, 3.63) is 0 Å². The van der Waals surface area contributed by atoms with Gasteiger partial charge >= 0.3 is 0 Å². The molecule has 1 unspecified atom stereocenters. The summed E-state index contributed by atoms with van der Waals surface area (Å²) in [4.78, 5) is 40.3. The van der Waals surface area contributed by atoms with Crippen molar-refractivity contribution < 1.29 is 80.8 Å². The highest BCUT2D eigenvalue weighted by Crippen LogP contribution is 2.68. The molecule has 61 heavy (non-hydrogen) atoms. The number of fused-ring (bicyclic) bond motifs is 5. The highest BCUT2D eigenvalue weighted by Gasteiger charge is 2.65. The summed E-state index contributed by atoms with van der Waals surface area (Å²) in [5.74, 6) is -1.73. The molecule has 0 aromatic carbocycles. The molecule has 4 fully saturated rings. The van der Waals surface area contributed by atoms with Gasteiger partial charge in [0.05, 0.1) is 31.5 Å². The maximum atomic E-state index is 13.9. The standard InChI is InChI=1S/C42H75N3O16/c1-21(24-7-8-25-32-26(18-30(52)42(24,25)3)41(2)11-10-23(48)16-22(41)17-27(32)49)6-9-31(53)45(14-4-12-43-39(60)37(58)35(56)33(54)28(50)19-46)15-5-13-44-40(61)38(59)36(57)34(55)29(51)20-47/h21-30,32-38,46-52,54-59H,4-20H2,1-3H3,(H,43,60)(H,44,61)/t21-,22?,23-,24-,25+,26+,27-,28-,29-,30+,32+,33-,34-,35+,36+,37-,38-,41+,42-/m1/s1. The van der Waals surface area contributed by atoms with E-state index >= 15 is 0 Å². The van der Waals surface area contributed by atoms with Crippen molar-refractivity contribution in [3.63, 3.8) is 0 Å². The number of carbonyl (C=O) groups is 3. The van der Waals surface area contributed by atoms with Crippen LogP contribution in [-0.4, -0.2) is 196 Å². The molecule has 0 heterocycles. The molecule has 3 amide bonds. The molecule has 0 aliphatic heterocycles. The summed E-state index contributed by atoms with van der Waals surface area (Å²) in [5, 5.41) is 136. The van der Waals surface area contributed by atoms with E-state index in [2.05, 4.69) is 31.4 Å². The van der Waals surface area contributed by atoms with Crippen LogP contribution in [0.15, 0.2) is 0 Å². The van der Waals surface area contributed by atoms with Gasteiger partial charge in [0.2, 0.25) is 5.91 Å². The van der Waals surface area contributed by atoms with Crippen molar-refractivity contribution in [3.8, 4) is 0 Å². The fraction of sp³-hybridized carbons (Fsp3) is 0.929. The Bertz CT molecular complexity index is 1380. The quantitative estimate of drug-likeness (QED) is 0.0462. The maximum absolute atomic E-state index is 13.9. The first-order valence-electron chi connectivity index (χ1n) is 22.2. The second kappa shape index (κ2) is 22.2. The molecule has 0 radical (unpaired) electrons. The summed E-state index contributed by atoms with van der Waals surface area (Å²) in [6.45, 7) is 4.76. The summed E-state index contributed by atoms with van der Waals surface area (Å²) in [6, 6.07) is 0. The van der Waals surface area contributed by atoms with E-state index in [-0.39, 0.29) is 98.4 Å². The first-order valence-corrected chi connectivity index (χ1v) is 22.2. The summed E-state index contributed by atoms with van der Waals surface area (Å²) < 4.78 is 0. The number of nitrogens with one attached hydrogen (secondary N) is 2. The predicted molar refractivity (Wildman–Crippen MR) is 216 cm³/mol. The zero-order valence-electron chi connectivity index (χ0n) is 35.8. The van der Waals surface area contributed by atoms with Crippen LogP contribution in [0.3, 0.4) is 0 Å². The number of nitrogens with zero attached hydrogens (tertiary/aromatic N) is 1. The van der Waals surface area contributed by atoms with Gasteiger partial charge in [-0.15, -0.1) is 0 Å². The van der Waals surface area contributed by atoms with Crippen molar-refractivity contribution in [2.45, 2.75) is 159 Å². The number of aliphatic hydroxyl groups excluding tert-OH is 13. The first kappa shape index (κ1) is 51.5. The summed E-state index contributed by atoms with van der Waals surface area (Å²) in [6.07, 6.45) is -11.3. The second-order valence-corrected chi connectivity index (χ2v) is 19.1. The summed E-state index contributed by atoms with van der Waals surface area (Å²) >= 11 is 0. The van der Waals surface area contributed by atoms with Gasteiger partial charge in [-0.1, -0.05) is 20.8 Å². The number of rotatable bonds is 22. The monoisotopic (exact) mass is 878 g/mol. The molecule has 0 aromatic rings. The van der Waals surface area contributed by atoms with Gasteiger partial charge < -0.3 is 81.9 Å². The molecule has 4 rings (SSSR count). The highest BCUT2D eigenvalue weighted by atomic mass is 16.4. The van der Waals surface area contributed by atoms with E-state index < -0.39 is 91.5 Å². The first-order chi connectivity index (χ1) is 28.6. The Morgan fingerprint density at radius 3 is 1.74 bits per heavy atom. The fourth-order valence-corrected chi connectivity index (χ4v) is 11.7. The lowest BCUT2D eigenvalue weighted by Gasteiger charge is -2.63. The van der Waals surface area contributed by atoms with Crippen LogP contribution in [0.5, 0.6) is 0 Å². The molecule has 0 saturated heterocycles. The van der Waals surface area contributed by atoms with E-state index in [1.807, 2.05) is 0 Å². The molecule has 354 valence electrons.